The van der Waals surface area contributed by atoms with Crippen molar-refractivity contribution in [3.8, 4) is 5.75 Å². The van der Waals surface area contributed by atoms with Crippen molar-refractivity contribution in [3.63, 3.8) is 0 Å². The summed E-state index contributed by atoms with van der Waals surface area (Å²) in [5, 5.41) is 9.67. The van der Waals surface area contributed by atoms with Crippen molar-refractivity contribution in [1.82, 2.24) is 0 Å². The molecule has 0 aliphatic heterocycles. The average molecular weight is 262 g/mol. The Morgan fingerprint density at radius 2 is 1.89 bits per heavy atom. The molecule has 2 rings (SSSR count). The van der Waals surface area contributed by atoms with Crippen molar-refractivity contribution in [2.75, 3.05) is 0 Å². The van der Waals surface area contributed by atoms with Gasteiger partial charge in [-0.3, -0.25) is 0 Å². The largest absolute Gasteiger partial charge is 0.488 e. The fourth-order valence-corrected chi connectivity index (χ4v) is 2.67. The molecule has 0 amide bonds. The second-order valence-corrected chi connectivity index (χ2v) is 5.48. The molecule has 2 nitrogen and oxygen atoms in total. The summed E-state index contributed by atoms with van der Waals surface area (Å²) >= 11 is 1.78. The minimum atomic E-state index is -0.504. The van der Waals surface area contributed by atoms with Crippen LogP contribution in [-0.2, 0) is 13.0 Å². The maximum Gasteiger partial charge on any atom is 0.125 e. The van der Waals surface area contributed by atoms with E-state index in [1.165, 1.54) is 9.75 Å². The van der Waals surface area contributed by atoms with Gasteiger partial charge < -0.3 is 9.84 Å². The first-order chi connectivity index (χ1) is 8.70. The van der Waals surface area contributed by atoms with Gasteiger partial charge in [-0.05, 0) is 31.5 Å². The van der Waals surface area contributed by atoms with Crippen LogP contribution in [0.3, 0.4) is 0 Å². The minimum absolute atomic E-state index is 0.504. The molecule has 0 fully saturated rings. The van der Waals surface area contributed by atoms with E-state index >= 15 is 0 Å². The predicted molar refractivity (Wildman–Crippen MR) is 75.1 cm³/mol. The monoisotopic (exact) mass is 262 g/mol. The van der Waals surface area contributed by atoms with E-state index in [-0.39, 0.29) is 0 Å². The lowest BCUT2D eigenvalue weighted by Crippen LogP contribution is -1.99. The van der Waals surface area contributed by atoms with Gasteiger partial charge in [0.25, 0.3) is 0 Å². The van der Waals surface area contributed by atoms with Crippen molar-refractivity contribution in [1.29, 1.82) is 0 Å². The first kappa shape index (κ1) is 13.1. The number of ether oxygens (including phenoxy) is 1. The maximum absolute atomic E-state index is 9.67. The van der Waals surface area contributed by atoms with Gasteiger partial charge in [-0.15, -0.1) is 11.3 Å². The molecule has 0 saturated carbocycles. The molecule has 18 heavy (non-hydrogen) atoms. The van der Waals surface area contributed by atoms with Crippen LogP contribution in [0.15, 0.2) is 36.4 Å². The smallest absolute Gasteiger partial charge is 0.125 e. The Labute approximate surface area is 112 Å². The third-order valence-electron chi connectivity index (χ3n) is 2.80. The number of aliphatic hydroxyl groups is 1. The van der Waals surface area contributed by atoms with Crippen LogP contribution >= 0.6 is 11.3 Å². The zero-order valence-electron chi connectivity index (χ0n) is 10.7. The fraction of sp³-hybridized carbons (Fsp3) is 0.333. The van der Waals surface area contributed by atoms with E-state index in [0.717, 1.165) is 17.7 Å². The quantitative estimate of drug-likeness (QED) is 0.884. The Morgan fingerprint density at radius 3 is 2.56 bits per heavy atom. The van der Waals surface area contributed by atoms with Crippen LogP contribution in [0.1, 0.15) is 35.3 Å². The van der Waals surface area contributed by atoms with Gasteiger partial charge >= 0.3 is 0 Å². The molecule has 0 radical (unpaired) electrons. The Balaban J connectivity index is 2.05. The lowest BCUT2D eigenvalue weighted by molar-refractivity contribution is 0.190. The summed E-state index contributed by atoms with van der Waals surface area (Å²) in [6.45, 7) is 4.47. The highest BCUT2D eigenvalue weighted by Crippen LogP contribution is 2.26. The van der Waals surface area contributed by atoms with Gasteiger partial charge in [0, 0.05) is 15.3 Å². The van der Waals surface area contributed by atoms with Crippen molar-refractivity contribution in [2.24, 2.45) is 0 Å². The molecule has 0 aliphatic rings. The molecule has 0 unspecified atom stereocenters. The molecule has 1 heterocycles. The first-order valence-corrected chi connectivity index (χ1v) is 6.99. The maximum atomic E-state index is 9.67. The number of para-hydroxylation sites is 1. The number of aryl methyl sites for hydroxylation is 1. The SMILES string of the molecule is CCc1ccc(COc2ccccc2[C@@H](C)O)s1. The Bertz CT molecular complexity index is 503. The van der Waals surface area contributed by atoms with E-state index < -0.39 is 6.10 Å². The van der Waals surface area contributed by atoms with E-state index in [4.69, 9.17) is 4.74 Å². The lowest BCUT2D eigenvalue weighted by atomic mass is 10.1. The van der Waals surface area contributed by atoms with Crippen LogP contribution in [0.5, 0.6) is 5.75 Å². The molecule has 0 bridgehead atoms. The van der Waals surface area contributed by atoms with Crippen LogP contribution in [0.25, 0.3) is 0 Å². The summed E-state index contributed by atoms with van der Waals surface area (Å²) in [4.78, 5) is 2.59. The molecule has 2 aromatic rings. The topological polar surface area (TPSA) is 29.5 Å². The Morgan fingerprint density at radius 1 is 1.17 bits per heavy atom. The van der Waals surface area contributed by atoms with Crippen LogP contribution < -0.4 is 4.74 Å². The molecular weight excluding hydrogens is 244 g/mol. The van der Waals surface area contributed by atoms with Gasteiger partial charge in [0.15, 0.2) is 0 Å². The van der Waals surface area contributed by atoms with Crippen LogP contribution in [0, 0.1) is 0 Å². The second-order valence-electron chi connectivity index (χ2n) is 4.22. The van der Waals surface area contributed by atoms with E-state index in [9.17, 15) is 5.11 Å². The number of thiophene rings is 1. The molecule has 0 aliphatic carbocycles. The third-order valence-corrected chi connectivity index (χ3v) is 4.01. The molecule has 1 N–H and O–H groups in total. The molecular formula is C15H18O2S. The van der Waals surface area contributed by atoms with Gasteiger partial charge in [-0.1, -0.05) is 25.1 Å². The highest BCUT2D eigenvalue weighted by molar-refractivity contribution is 7.11. The number of rotatable bonds is 5. The van der Waals surface area contributed by atoms with Crippen molar-refractivity contribution in [2.45, 2.75) is 33.0 Å². The number of hydrogen-bond donors (Lipinski definition) is 1. The fourth-order valence-electron chi connectivity index (χ4n) is 1.80. The summed E-state index contributed by atoms with van der Waals surface area (Å²) < 4.78 is 5.79. The lowest BCUT2D eigenvalue weighted by Gasteiger charge is -2.12. The number of aliphatic hydroxyl groups excluding tert-OH is 1. The number of hydrogen-bond acceptors (Lipinski definition) is 3. The van der Waals surface area contributed by atoms with Gasteiger partial charge in [0.05, 0.1) is 6.10 Å². The summed E-state index contributed by atoms with van der Waals surface area (Å²) in [6.07, 6.45) is 0.560. The van der Waals surface area contributed by atoms with Gasteiger partial charge in [0.2, 0.25) is 0 Å². The average Bonchev–Trinajstić information content (AvgIpc) is 2.84. The van der Waals surface area contributed by atoms with Crippen molar-refractivity contribution < 1.29 is 9.84 Å². The van der Waals surface area contributed by atoms with Gasteiger partial charge in [0.1, 0.15) is 12.4 Å². The van der Waals surface area contributed by atoms with E-state index in [0.29, 0.717) is 6.61 Å². The molecule has 1 aromatic carbocycles. The molecule has 1 aromatic heterocycles. The second kappa shape index (κ2) is 6.03. The van der Waals surface area contributed by atoms with Crippen molar-refractivity contribution in [3.05, 3.63) is 51.7 Å². The normalized spacial score (nSPS) is 12.4. The molecule has 1 atom stereocenters. The predicted octanol–water partition coefficient (Wildman–Crippen LogP) is 3.94. The summed E-state index contributed by atoms with van der Waals surface area (Å²) in [6, 6.07) is 11.9. The van der Waals surface area contributed by atoms with Crippen LogP contribution in [0.2, 0.25) is 0 Å². The zero-order valence-corrected chi connectivity index (χ0v) is 11.5. The highest BCUT2D eigenvalue weighted by atomic mass is 32.1. The van der Waals surface area contributed by atoms with Gasteiger partial charge in [-0.2, -0.15) is 0 Å². The summed E-state index contributed by atoms with van der Waals surface area (Å²) in [5.41, 5.74) is 0.838. The minimum Gasteiger partial charge on any atom is -0.488 e. The standard InChI is InChI=1S/C15H18O2S/c1-3-12-8-9-13(18-12)10-17-15-7-5-4-6-14(15)11(2)16/h4-9,11,16H,3,10H2,1-2H3/t11-/m1/s1. The molecule has 96 valence electrons. The van der Waals surface area contributed by atoms with Gasteiger partial charge in [-0.25, -0.2) is 0 Å². The Hall–Kier alpha value is -1.32. The van der Waals surface area contributed by atoms with E-state index in [2.05, 4.69) is 19.1 Å². The Kier molecular flexibility index (Phi) is 4.39. The van der Waals surface area contributed by atoms with Crippen LogP contribution in [0.4, 0.5) is 0 Å². The zero-order chi connectivity index (χ0) is 13.0. The van der Waals surface area contributed by atoms with E-state index in [1.807, 2.05) is 24.3 Å². The third kappa shape index (κ3) is 3.12. The van der Waals surface area contributed by atoms with E-state index in [1.54, 1.807) is 18.3 Å². The highest BCUT2D eigenvalue weighted by Gasteiger charge is 2.08. The molecule has 0 spiro atoms. The molecule has 3 heteroatoms. The summed E-state index contributed by atoms with van der Waals surface area (Å²) in [7, 11) is 0. The summed E-state index contributed by atoms with van der Waals surface area (Å²) in [5.74, 6) is 0.763. The van der Waals surface area contributed by atoms with Crippen LogP contribution in [-0.4, -0.2) is 5.11 Å². The molecule has 0 saturated heterocycles. The first-order valence-electron chi connectivity index (χ1n) is 6.18. The number of benzene rings is 1. The van der Waals surface area contributed by atoms with Crippen molar-refractivity contribution >= 4 is 11.3 Å².